The third kappa shape index (κ3) is 1.43. The first kappa shape index (κ1) is 7.59. The Labute approximate surface area is 75.6 Å². The molecule has 0 radical (unpaired) electrons. The summed E-state index contributed by atoms with van der Waals surface area (Å²) in [7, 11) is 2.15. The molecule has 0 unspecified atom stereocenters. The Balaban J connectivity index is 2.34. The highest BCUT2D eigenvalue weighted by Gasteiger charge is 2.15. The van der Waals surface area contributed by atoms with E-state index in [-0.39, 0.29) is 0 Å². The molecule has 1 aliphatic rings. The molecule has 0 fully saturated rings. The van der Waals surface area contributed by atoms with Gasteiger partial charge < -0.3 is 4.90 Å². The highest BCUT2D eigenvalue weighted by molar-refractivity contribution is 7.16. The second-order valence-electron chi connectivity index (χ2n) is 2.99. The second kappa shape index (κ2) is 2.77. The summed E-state index contributed by atoms with van der Waals surface area (Å²) in [5.41, 5.74) is 1.46. The van der Waals surface area contributed by atoms with Gasteiger partial charge in [0.05, 0.1) is 4.34 Å². The molecule has 0 saturated heterocycles. The summed E-state index contributed by atoms with van der Waals surface area (Å²) < 4.78 is 0.935. The average molecular weight is 188 g/mol. The van der Waals surface area contributed by atoms with Gasteiger partial charge in [-0.15, -0.1) is 11.3 Å². The van der Waals surface area contributed by atoms with Crippen molar-refractivity contribution in [2.24, 2.45) is 0 Å². The normalized spacial score (nSPS) is 18.4. The molecule has 0 saturated carbocycles. The molecule has 11 heavy (non-hydrogen) atoms. The van der Waals surface area contributed by atoms with Gasteiger partial charge in [0.1, 0.15) is 0 Å². The van der Waals surface area contributed by atoms with Crippen LogP contribution in [0.4, 0.5) is 0 Å². The molecule has 0 amide bonds. The minimum Gasteiger partial charge on any atom is -0.301 e. The zero-order valence-corrected chi connectivity index (χ0v) is 8.00. The third-order valence-electron chi connectivity index (χ3n) is 2.04. The maximum absolute atomic E-state index is 5.90. The minimum atomic E-state index is 0.935. The lowest BCUT2D eigenvalue weighted by molar-refractivity contribution is 0.317. The summed E-state index contributed by atoms with van der Waals surface area (Å²) >= 11 is 7.62. The van der Waals surface area contributed by atoms with Crippen LogP contribution in [-0.2, 0) is 13.0 Å². The van der Waals surface area contributed by atoms with Gasteiger partial charge in [0.15, 0.2) is 0 Å². The van der Waals surface area contributed by atoms with E-state index >= 15 is 0 Å². The average Bonchev–Trinajstić information content (AvgIpc) is 2.27. The second-order valence-corrected chi connectivity index (χ2v) is 4.75. The van der Waals surface area contributed by atoms with Crippen LogP contribution in [-0.4, -0.2) is 18.5 Å². The van der Waals surface area contributed by atoms with E-state index in [4.69, 9.17) is 11.6 Å². The van der Waals surface area contributed by atoms with E-state index in [9.17, 15) is 0 Å². The summed E-state index contributed by atoms with van der Waals surface area (Å²) in [4.78, 5) is 3.78. The van der Waals surface area contributed by atoms with Gasteiger partial charge in [-0.3, -0.25) is 0 Å². The highest BCUT2D eigenvalue weighted by Crippen LogP contribution is 2.30. The number of halogens is 1. The topological polar surface area (TPSA) is 3.24 Å². The number of hydrogen-bond acceptors (Lipinski definition) is 2. The van der Waals surface area contributed by atoms with Crippen LogP contribution in [0.15, 0.2) is 6.07 Å². The van der Waals surface area contributed by atoms with Crippen LogP contribution in [0.2, 0.25) is 4.34 Å². The van der Waals surface area contributed by atoms with Crippen molar-refractivity contribution in [3.05, 3.63) is 20.8 Å². The van der Waals surface area contributed by atoms with E-state index < -0.39 is 0 Å². The van der Waals surface area contributed by atoms with Crippen LogP contribution < -0.4 is 0 Å². The van der Waals surface area contributed by atoms with Crippen LogP contribution in [0.25, 0.3) is 0 Å². The largest absolute Gasteiger partial charge is 0.301 e. The van der Waals surface area contributed by atoms with Gasteiger partial charge in [0.2, 0.25) is 0 Å². The third-order valence-corrected chi connectivity index (χ3v) is 3.33. The van der Waals surface area contributed by atoms with Crippen molar-refractivity contribution in [3.63, 3.8) is 0 Å². The lowest BCUT2D eigenvalue weighted by atomic mass is 10.1. The van der Waals surface area contributed by atoms with E-state index in [1.807, 2.05) is 0 Å². The molecule has 3 heteroatoms. The number of rotatable bonds is 0. The molecule has 1 aromatic heterocycles. The maximum atomic E-state index is 5.90. The van der Waals surface area contributed by atoms with Crippen LogP contribution >= 0.6 is 22.9 Å². The van der Waals surface area contributed by atoms with Gasteiger partial charge >= 0.3 is 0 Å². The van der Waals surface area contributed by atoms with Gasteiger partial charge in [-0.25, -0.2) is 0 Å². The van der Waals surface area contributed by atoms with Crippen LogP contribution in [0.3, 0.4) is 0 Å². The van der Waals surface area contributed by atoms with E-state index in [1.165, 1.54) is 17.0 Å². The molecule has 60 valence electrons. The van der Waals surface area contributed by atoms with E-state index in [1.54, 1.807) is 11.3 Å². The Hall–Kier alpha value is -0.0500. The molecule has 0 N–H and O–H groups in total. The van der Waals surface area contributed by atoms with Crippen LogP contribution in [0.5, 0.6) is 0 Å². The zero-order valence-electron chi connectivity index (χ0n) is 6.43. The van der Waals surface area contributed by atoms with Crippen molar-refractivity contribution in [2.75, 3.05) is 13.6 Å². The number of nitrogens with zero attached hydrogens (tertiary/aromatic N) is 1. The fourth-order valence-electron chi connectivity index (χ4n) is 1.41. The quantitative estimate of drug-likeness (QED) is 0.603. The fourth-order valence-corrected chi connectivity index (χ4v) is 2.84. The minimum absolute atomic E-state index is 0.935. The molecule has 1 nitrogen and oxygen atoms in total. The number of hydrogen-bond donors (Lipinski definition) is 0. The smallest absolute Gasteiger partial charge is 0.0934 e. The molecular formula is C8H10ClNS. The summed E-state index contributed by atoms with van der Waals surface area (Å²) in [5.74, 6) is 0. The van der Waals surface area contributed by atoms with Gasteiger partial charge in [-0.2, -0.15) is 0 Å². The summed E-state index contributed by atoms with van der Waals surface area (Å²) in [6.45, 7) is 2.24. The van der Waals surface area contributed by atoms with Crippen molar-refractivity contribution < 1.29 is 0 Å². The predicted octanol–water partition coefficient (Wildman–Crippen LogP) is 2.39. The molecular weight excluding hydrogens is 178 g/mol. The first-order valence-corrected chi connectivity index (χ1v) is 4.91. The van der Waals surface area contributed by atoms with Crippen molar-refractivity contribution in [2.45, 2.75) is 13.0 Å². The first-order valence-electron chi connectivity index (χ1n) is 3.71. The lowest BCUT2D eigenvalue weighted by Crippen LogP contribution is -2.24. The first-order chi connectivity index (χ1) is 5.25. The molecule has 2 heterocycles. The van der Waals surface area contributed by atoms with E-state index in [2.05, 4.69) is 18.0 Å². The van der Waals surface area contributed by atoms with Crippen LogP contribution in [0, 0.1) is 0 Å². The molecule has 0 spiro atoms. The van der Waals surface area contributed by atoms with Gasteiger partial charge in [0, 0.05) is 18.0 Å². The van der Waals surface area contributed by atoms with Gasteiger partial charge in [0.25, 0.3) is 0 Å². The number of likely N-dealkylation sites (N-methyl/N-ethyl adjacent to an activating group) is 1. The summed E-state index contributed by atoms with van der Waals surface area (Å²) in [5, 5.41) is 0. The van der Waals surface area contributed by atoms with Crippen LogP contribution in [0.1, 0.15) is 10.4 Å². The SMILES string of the molecule is CN1CCc2cc(Cl)sc2C1. The number of fused-ring (bicyclic) bond motifs is 1. The Morgan fingerprint density at radius 2 is 2.45 bits per heavy atom. The molecule has 2 rings (SSSR count). The Bertz CT molecular complexity index is 269. The van der Waals surface area contributed by atoms with Crippen molar-refractivity contribution in [3.8, 4) is 0 Å². The molecule has 0 aromatic carbocycles. The molecule has 0 atom stereocenters. The Morgan fingerprint density at radius 1 is 1.64 bits per heavy atom. The maximum Gasteiger partial charge on any atom is 0.0934 e. The Morgan fingerprint density at radius 3 is 3.27 bits per heavy atom. The van der Waals surface area contributed by atoms with E-state index in [0.29, 0.717) is 0 Å². The zero-order chi connectivity index (χ0) is 7.84. The molecule has 0 bridgehead atoms. The molecule has 1 aromatic rings. The molecule has 0 aliphatic carbocycles. The Kier molecular flexibility index (Phi) is 1.91. The van der Waals surface area contributed by atoms with Crippen molar-refractivity contribution >= 4 is 22.9 Å². The number of thiophene rings is 1. The van der Waals surface area contributed by atoms with Crippen molar-refractivity contribution in [1.82, 2.24) is 4.90 Å². The lowest BCUT2D eigenvalue weighted by Gasteiger charge is -2.21. The standard InChI is InChI=1S/C8H10ClNS/c1-10-3-2-6-4-8(9)11-7(6)5-10/h4H,2-3,5H2,1H3. The predicted molar refractivity (Wildman–Crippen MR) is 49.4 cm³/mol. The molecule has 1 aliphatic heterocycles. The van der Waals surface area contributed by atoms with Gasteiger partial charge in [-0.1, -0.05) is 11.6 Å². The van der Waals surface area contributed by atoms with Gasteiger partial charge in [-0.05, 0) is 25.1 Å². The summed E-state index contributed by atoms with van der Waals surface area (Å²) in [6.07, 6.45) is 1.16. The van der Waals surface area contributed by atoms with E-state index in [0.717, 1.165) is 17.3 Å². The monoisotopic (exact) mass is 187 g/mol. The van der Waals surface area contributed by atoms with Crippen molar-refractivity contribution in [1.29, 1.82) is 0 Å². The highest BCUT2D eigenvalue weighted by atomic mass is 35.5. The summed E-state index contributed by atoms with van der Waals surface area (Å²) in [6, 6.07) is 2.11. The fraction of sp³-hybridized carbons (Fsp3) is 0.500.